The molecule has 24 heavy (non-hydrogen) atoms. The van der Waals surface area contributed by atoms with E-state index in [4.69, 9.17) is 0 Å². The molecule has 4 heteroatoms. The predicted octanol–water partition coefficient (Wildman–Crippen LogP) is 4.37. The Morgan fingerprint density at radius 2 is 1.88 bits per heavy atom. The lowest BCUT2D eigenvalue weighted by atomic mass is 9.86. The molecule has 4 nitrogen and oxygen atoms in total. The van der Waals surface area contributed by atoms with Gasteiger partial charge in [0.05, 0.1) is 5.57 Å². The first-order chi connectivity index (χ1) is 11.5. The van der Waals surface area contributed by atoms with Gasteiger partial charge in [-0.2, -0.15) is 5.26 Å². The Bertz CT molecular complexity index is 783. The third-order valence-corrected chi connectivity index (χ3v) is 4.56. The molecule has 2 aromatic rings. The molecule has 0 saturated carbocycles. The fourth-order valence-corrected chi connectivity index (χ4v) is 3.08. The molecule has 0 radical (unpaired) electrons. The highest BCUT2D eigenvalue weighted by Gasteiger charge is 2.18. The molecule has 0 bridgehead atoms. The molecule has 0 spiro atoms. The number of hydrogen-bond donors (Lipinski definition) is 0. The van der Waals surface area contributed by atoms with E-state index in [0.717, 1.165) is 37.2 Å². The molecule has 0 saturated heterocycles. The maximum Gasteiger partial charge on any atom is 0.174 e. The Kier molecular flexibility index (Phi) is 4.53. The molecule has 1 aromatic carbocycles. The summed E-state index contributed by atoms with van der Waals surface area (Å²) in [4.78, 5) is 0. The molecule has 1 aliphatic heterocycles. The Hall–Kier alpha value is -2.41. The highest BCUT2D eigenvalue weighted by Crippen LogP contribution is 2.24. The molecule has 124 valence electrons. The molecule has 1 aliphatic rings. The van der Waals surface area contributed by atoms with E-state index in [-0.39, 0.29) is 5.41 Å². The summed E-state index contributed by atoms with van der Waals surface area (Å²) >= 11 is 0. The summed E-state index contributed by atoms with van der Waals surface area (Å²) in [5, 5.41) is 18.2. The van der Waals surface area contributed by atoms with Gasteiger partial charge < -0.3 is 4.57 Å². The van der Waals surface area contributed by atoms with Crippen LogP contribution in [0.1, 0.15) is 62.8 Å². The first-order valence-corrected chi connectivity index (χ1v) is 8.64. The van der Waals surface area contributed by atoms with Gasteiger partial charge in [0.15, 0.2) is 5.82 Å². The minimum atomic E-state index is 0.130. The molecule has 0 aliphatic carbocycles. The number of fused-ring (bicyclic) bond motifs is 1. The minimum Gasteiger partial charge on any atom is -0.310 e. The van der Waals surface area contributed by atoms with Gasteiger partial charge in [-0.05, 0) is 35.5 Å². The van der Waals surface area contributed by atoms with Gasteiger partial charge in [-0.1, -0.05) is 51.5 Å². The van der Waals surface area contributed by atoms with Crippen LogP contribution in [0.3, 0.4) is 0 Å². The van der Waals surface area contributed by atoms with Crippen molar-refractivity contribution in [3.05, 3.63) is 47.0 Å². The molecule has 0 N–H and O–H groups in total. The summed E-state index contributed by atoms with van der Waals surface area (Å²) in [6.45, 7) is 7.50. The minimum absolute atomic E-state index is 0.130. The van der Waals surface area contributed by atoms with Gasteiger partial charge in [0.1, 0.15) is 11.9 Å². The average molecular weight is 320 g/mol. The summed E-state index contributed by atoms with van der Waals surface area (Å²) in [7, 11) is 0. The summed E-state index contributed by atoms with van der Waals surface area (Å²) < 4.78 is 2.12. The van der Waals surface area contributed by atoms with Crippen molar-refractivity contribution in [3.8, 4) is 6.07 Å². The van der Waals surface area contributed by atoms with E-state index in [1.807, 2.05) is 6.08 Å². The van der Waals surface area contributed by atoms with Crippen LogP contribution in [-0.4, -0.2) is 14.8 Å². The lowest BCUT2D eigenvalue weighted by Crippen LogP contribution is -2.10. The van der Waals surface area contributed by atoms with Crippen LogP contribution in [0, 0.1) is 11.3 Å². The normalized spacial score (nSPS) is 15.5. The second-order valence-electron chi connectivity index (χ2n) is 7.44. The van der Waals surface area contributed by atoms with Crippen LogP contribution in [0.15, 0.2) is 24.3 Å². The predicted molar refractivity (Wildman–Crippen MR) is 96.2 cm³/mol. The first-order valence-electron chi connectivity index (χ1n) is 8.64. The number of hydrogen-bond acceptors (Lipinski definition) is 3. The number of nitrogens with zero attached hydrogens (tertiary/aromatic N) is 4. The second-order valence-corrected chi connectivity index (χ2v) is 7.44. The van der Waals surface area contributed by atoms with Crippen molar-refractivity contribution in [1.82, 2.24) is 14.8 Å². The van der Waals surface area contributed by atoms with Crippen LogP contribution in [-0.2, 0) is 18.4 Å². The summed E-state index contributed by atoms with van der Waals surface area (Å²) in [6, 6.07) is 10.7. The molecule has 0 unspecified atom stereocenters. The number of rotatable bonds is 2. The highest BCUT2D eigenvalue weighted by molar-refractivity contribution is 5.87. The maximum atomic E-state index is 9.62. The zero-order chi connectivity index (χ0) is 17.2. The van der Waals surface area contributed by atoms with Gasteiger partial charge in [0, 0.05) is 13.0 Å². The van der Waals surface area contributed by atoms with Crippen LogP contribution in [0.5, 0.6) is 0 Å². The summed E-state index contributed by atoms with van der Waals surface area (Å²) in [5.41, 5.74) is 3.02. The van der Waals surface area contributed by atoms with E-state index in [0.29, 0.717) is 11.4 Å². The molecular formula is C20H24N4. The van der Waals surface area contributed by atoms with Crippen molar-refractivity contribution in [1.29, 1.82) is 5.26 Å². The zero-order valence-corrected chi connectivity index (χ0v) is 14.7. The number of nitriles is 1. The van der Waals surface area contributed by atoms with Gasteiger partial charge in [0.2, 0.25) is 0 Å². The Labute approximate surface area is 143 Å². The Morgan fingerprint density at radius 1 is 1.12 bits per heavy atom. The smallest absolute Gasteiger partial charge is 0.174 e. The number of aromatic nitrogens is 3. The van der Waals surface area contributed by atoms with Crippen LogP contribution < -0.4 is 0 Å². The third-order valence-electron chi connectivity index (χ3n) is 4.56. The van der Waals surface area contributed by atoms with Crippen LogP contribution >= 0.6 is 0 Å². The monoisotopic (exact) mass is 320 g/mol. The molecule has 0 atom stereocenters. The summed E-state index contributed by atoms with van der Waals surface area (Å²) in [6.07, 6.45) is 6.35. The van der Waals surface area contributed by atoms with Gasteiger partial charge in [-0.3, -0.25) is 0 Å². The van der Waals surface area contributed by atoms with E-state index in [9.17, 15) is 5.26 Å². The highest BCUT2D eigenvalue weighted by atomic mass is 15.3. The Balaban J connectivity index is 1.93. The van der Waals surface area contributed by atoms with Gasteiger partial charge in [-0.25, -0.2) is 0 Å². The van der Waals surface area contributed by atoms with Crippen LogP contribution in [0.25, 0.3) is 11.6 Å². The number of aryl methyl sites for hydroxylation is 1. The van der Waals surface area contributed by atoms with Crippen molar-refractivity contribution in [2.24, 2.45) is 0 Å². The fraction of sp³-hybridized carbons (Fsp3) is 0.450. The quantitative estimate of drug-likeness (QED) is 0.772. The molecule has 0 amide bonds. The van der Waals surface area contributed by atoms with Crippen molar-refractivity contribution >= 4 is 11.6 Å². The molecule has 2 heterocycles. The second kappa shape index (κ2) is 6.60. The topological polar surface area (TPSA) is 54.5 Å². The molecule has 3 rings (SSSR count). The summed E-state index contributed by atoms with van der Waals surface area (Å²) in [5.74, 6) is 1.71. The van der Waals surface area contributed by atoms with E-state index in [1.54, 1.807) is 0 Å². The number of benzene rings is 1. The van der Waals surface area contributed by atoms with E-state index < -0.39 is 0 Å². The first kappa shape index (κ1) is 16.4. The maximum absolute atomic E-state index is 9.62. The van der Waals surface area contributed by atoms with Gasteiger partial charge >= 0.3 is 0 Å². The van der Waals surface area contributed by atoms with E-state index in [2.05, 4.69) is 65.9 Å². The van der Waals surface area contributed by atoms with Crippen molar-refractivity contribution in [2.75, 3.05) is 0 Å². The standard InChI is InChI=1S/C20H24N4/c1-20(2,3)17-10-8-15(9-11-17)13-16(14-21)19-23-22-18-7-5-4-6-12-24(18)19/h8-11,13H,4-7,12H2,1-3H3/b16-13+. The van der Waals surface area contributed by atoms with E-state index in [1.165, 1.54) is 12.0 Å². The van der Waals surface area contributed by atoms with Crippen LogP contribution in [0.4, 0.5) is 0 Å². The van der Waals surface area contributed by atoms with Crippen molar-refractivity contribution in [3.63, 3.8) is 0 Å². The van der Waals surface area contributed by atoms with Gasteiger partial charge in [0.25, 0.3) is 0 Å². The van der Waals surface area contributed by atoms with Crippen molar-refractivity contribution < 1.29 is 0 Å². The lowest BCUT2D eigenvalue weighted by molar-refractivity contribution is 0.590. The van der Waals surface area contributed by atoms with Crippen molar-refractivity contribution in [2.45, 2.75) is 58.4 Å². The van der Waals surface area contributed by atoms with Gasteiger partial charge in [-0.15, -0.1) is 10.2 Å². The molecule has 1 aromatic heterocycles. The van der Waals surface area contributed by atoms with Crippen LogP contribution in [0.2, 0.25) is 0 Å². The zero-order valence-electron chi connectivity index (χ0n) is 14.7. The average Bonchev–Trinajstić information content (AvgIpc) is 2.80. The largest absolute Gasteiger partial charge is 0.310 e. The SMILES string of the molecule is CC(C)(C)c1ccc(/C=C(\C#N)c2nnc3n2CCCCC3)cc1. The lowest BCUT2D eigenvalue weighted by Gasteiger charge is -2.18. The molecular weight excluding hydrogens is 296 g/mol. The van der Waals surface area contributed by atoms with E-state index >= 15 is 0 Å². The molecule has 0 fully saturated rings. The fourth-order valence-electron chi connectivity index (χ4n) is 3.08. The Morgan fingerprint density at radius 3 is 2.54 bits per heavy atom. The third kappa shape index (κ3) is 3.41. The number of allylic oxidation sites excluding steroid dienone is 1.